The van der Waals surface area contributed by atoms with E-state index >= 15 is 0 Å². The van der Waals surface area contributed by atoms with Crippen molar-refractivity contribution in [1.29, 1.82) is 0 Å². The molecule has 0 radical (unpaired) electrons. The van der Waals surface area contributed by atoms with Crippen molar-refractivity contribution in [1.82, 2.24) is 0 Å². The minimum Gasteiger partial charge on any atom is -0.507 e. The highest BCUT2D eigenvalue weighted by molar-refractivity contribution is 6.11. The van der Waals surface area contributed by atoms with Crippen LogP contribution in [0.15, 0.2) is 38.6 Å². The van der Waals surface area contributed by atoms with Crippen LogP contribution in [0, 0.1) is 5.92 Å². The van der Waals surface area contributed by atoms with Crippen LogP contribution >= 0.6 is 0 Å². The molecular weight excluding hydrogens is 420 g/mol. The Morgan fingerprint density at radius 1 is 1.12 bits per heavy atom. The lowest BCUT2D eigenvalue weighted by Crippen LogP contribution is -2.11. The van der Waals surface area contributed by atoms with Gasteiger partial charge in [-0.25, -0.2) is 4.79 Å². The second kappa shape index (κ2) is 11.3. The van der Waals surface area contributed by atoms with Gasteiger partial charge in [0.05, 0.1) is 11.5 Å². The Morgan fingerprint density at radius 3 is 2.36 bits per heavy atom. The third-order valence-corrected chi connectivity index (χ3v) is 5.63. The van der Waals surface area contributed by atoms with Crippen LogP contribution in [0.25, 0.3) is 11.0 Å². The summed E-state index contributed by atoms with van der Waals surface area (Å²) in [7, 11) is 0. The van der Waals surface area contributed by atoms with Crippen molar-refractivity contribution < 1.29 is 24.5 Å². The van der Waals surface area contributed by atoms with E-state index in [1.54, 1.807) is 6.92 Å². The van der Waals surface area contributed by atoms with Gasteiger partial charge >= 0.3 is 5.63 Å². The van der Waals surface area contributed by atoms with Gasteiger partial charge in [0.15, 0.2) is 11.4 Å². The Hall–Kier alpha value is -2.86. The van der Waals surface area contributed by atoms with E-state index in [1.165, 1.54) is 5.57 Å². The summed E-state index contributed by atoms with van der Waals surface area (Å²) in [4.78, 5) is 25.3. The average molecular weight is 457 g/mol. The van der Waals surface area contributed by atoms with Gasteiger partial charge in [-0.2, -0.15) is 0 Å². The summed E-state index contributed by atoms with van der Waals surface area (Å²) in [5.74, 6) is -1.05. The highest BCUT2D eigenvalue weighted by Gasteiger charge is 2.28. The zero-order valence-electron chi connectivity index (χ0n) is 20.5. The molecule has 0 spiro atoms. The van der Waals surface area contributed by atoms with E-state index in [0.717, 1.165) is 24.5 Å². The molecular formula is C27H36O6. The third kappa shape index (κ3) is 6.35. The summed E-state index contributed by atoms with van der Waals surface area (Å²) in [6, 6.07) is 1.13. The molecule has 1 aromatic carbocycles. The average Bonchev–Trinajstić information content (AvgIpc) is 2.71. The highest BCUT2D eigenvalue weighted by Crippen LogP contribution is 2.43. The van der Waals surface area contributed by atoms with E-state index in [9.17, 15) is 24.9 Å². The molecule has 3 N–H and O–H groups in total. The zero-order chi connectivity index (χ0) is 24.9. The number of rotatable bonds is 10. The van der Waals surface area contributed by atoms with E-state index in [2.05, 4.69) is 6.08 Å². The van der Waals surface area contributed by atoms with Crippen LogP contribution in [-0.4, -0.2) is 21.1 Å². The van der Waals surface area contributed by atoms with Crippen LogP contribution in [0.5, 0.6) is 11.5 Å². The fourth-order valence-corrected chi connectivity index (χ4v) is 3.83. The maximum Gasteiger partial charge on any atom is 0.336 e. The molecule has 1 heterocycles. The molecule has 2 aromatic rings. The summed E-state index contributed by atoms with van der Waals surface area (Å²) in [5, 5.41) is 32.8. The Balaban J connectivity index is 2.74. The van der Waals surface area contributed by atoms with E-state index in [4.69, 9.17) is 4.42 Å². The molecule has 1 aromatic heterocycles. The third-order valence-electron chi connectivity index (χ3n) is 5.63. The number of aromatic hydroxyl groups is 2. The Bertz CT molecular complexity index is 1130. The lowest BCUT2D eigenvalue weighted by atomic mass is 9.91. The SMILES string of the molecule is CCC(O)c1cc(=O)oc2c(C(=O)CC(C)C)c(O)c(C/C=C(\C)CCC=C(C)C)c(O)c12. The standard InChI is InChI=1S/C27H36O6/c1-7-20(28)19-14-22(30)33-27-23(19)25(31)18(12-11-17(6)10-8-9-15(2)3)26(32)24(27)21(29)13-16(4)5/h9,11,14,16,20,28,31-32H,7-8,10,12-13H2,1-6H3/b17-11+. The maximum atomic E-state index is 13.1. The maximum absolute atomic E-state index is 13.1. The van der Waals surface area contributed by atoms with Gasteiger partial charge in [0.2, 0.25) is 0 Å². The highest BCUT2D eigenvalue weighted by atomic mass is 16.4. The van der Waals surface area contributed by atoms with Crippen molar-refractivity contribution >= 4 is 16.8 Å². The molecule has 1 atom stereocenters. The van der Waals surface area contributed by atoms with Crippen LogP contribution < -0.4 is 5.63 Å². The number of benzene rings is 1. The second-order valence-electron chi connectivity index (χ2n) is 9.30. The van der Waals surface area contributed by atoms with Crippen LogP contribution in [0.2, 0.25) is 0 Å². The first kappa shape index (κ1) is 26.4. The quantitative estimate of drug-likeness (QED) is 0.226. The number of aliphatic hydroxyl groups excluding tert-OH is 1. The molecule has 0 amide bonds. The first-order valence-corrected chi connectivity index (χ1v) is 11.5. The van der Waals surface area contributed by atoms with E-state index in [-0.39, 0.29) is 63.7 Å². The number of fused-ring (bicyclic) bond motifs is 1. The summed E-state index contributed by atoms with van der Waals surface area (Å²) >= 11 is 0. The number of Topliss-reactive ketones (excluding diaryl/α,β-unsaturated/α-hetero) is 1. The molecule has 6 heteroatoms. The number of phenols is 2. The van der Waals surface area contributed by atoms with Crippen LogP contribution in [-0.2, 0) is 6.42 Å². The van der Waals surface area contributed by atoms with Gasteiger partial charge in [0, 0.05) is 23.6 Å². The van der Waals surface area contributed by atoms with E-state index in [1.807, 2.05) is 40.7 Å². The Morgan fingerprint density at radius 2 is 1.79 bits per heavy atom. The van der Waals surface area contributed by atoms with E-state index in [0.29, 0.717) is 6.42 Å². The molecule has 0 bridgehead atoms. The summed E-state index contributed by atoms with van der Waals surface area (Å²) < 4.78 is 5.32. The van der Waals surface area contributed by atoms with Crippen LogP contribution in [0.4, 0.5) is 0 Å². The fourth-order valence-electron chi connectivity index (χ4n) is 3.83. The number of carbonyl (C=O) groups is 1. The number of allylic oxidation sites excluding steroid dienone is 4. The van der Waals surface area contributed by atoms with Gasteiger partial charge in [-0.05, 0) is 52.4 Å². The molecule has 0 aliphatic heterocycles. The Kier molecular flexibility index (Phi) is 9.06. The van der Waals surface area contributed by atoms with Crippen molar-refractivity contribution in [3.63, 3.8) is 0 Å². The van der Waals surface area contributed by atoms with Crippen molar-refractivity contribution in [3.05, 3.63) is 56.5 Å². The first-order valence-electron chi connectivity index (χ1n) is 11.5. The second-order valence-corrected chi connectivity index (χ2v) is 9.30. The number of carbonyl (C=O) groups excluding carboxylic acids is 1. The predicted molar refractivity (Wildman–Crippen MR) is 131 cm³/mol. The first-order chi connectivity index (χ1) is 15.5. The van der Waals surface area contributed by atoms with Crippen molar-refractivity contribution in [2.24, 2.45) is 5.92 Å². The van der Waals surface area contributed by atoms with Gasteiger partial charge in [-0.3, -0.25) is 4.79 Å². The van der Waals surface area contributed by atoms with E-state index < -0.39 is 11.7 Å². The van der Waals surface area contributed by atoms with Gasteiger partial charge in [-0.1, -0.05) is 44.1 Å². The monoisotopic (exact) mass is 456 g/mol. The normalized spacial score (nSPS) is 12.9. The Labute approximate surface area is 195 Å². The van der Waals surface area contributed by atoms with Crippen molar-refractivity contribution in [3.8, 4) is 11.5 Å². The number of aliphatic hydroxyl groups is 1. The molecule has 2 rings (SSSR count). The smallest absolute Gasteiger partial charge is 0.336 e. The molecule has 0 aliphatic carbocycles. The minimum atomic E-state index is -1.03. The number of hydrogen-bond donors (Lipinski definition) is 3. The predicted octanol–water partition coefficient (Wildman–Crippen LogP) is 6.11. The van der Waals surface area contributed by atoms with Gasteiger partial charge < -0.3 is 19.7 Å². The lowest BCUT2D eigenvalue weighted by Gasteiger charge is -2.18. The summed E-state index contributed by atoms with van der Waals surface area (Å²) in [5.41, 5.74) is 1.62. The number of ketones is 1. The zero-order valence-corrected chi connectivity index (χ0v) is 20.5. The molecule has 0 aliphatic rings. The van der Waals surface area contributed by atoms with Crippen molar-refractivity contribution in [2.45, 2.75) is 79.8 Å². The molecule has 33 heavy (non-hydrogen) atoms. The minimum absolute atomic E-state index is 0.0116. The number of phenolic OH excluding ortho intramolecular Hbond substituents is 2. The van der Waals surface area contributed by atoms with Crippen molar-refractivity contribution in [2.75, 3.05) is 0 Å². The summed E-state index contributed by atoms with van der Waals surface area (Å²) in [6.45, 7) is 11.6. The number of hydrogen-bond acceptors (Lipinski definition) is 6. The molecule has 1 unspecified atom stereocenters. The lowest BCUT2D eigenvalue weighted by molar-refractivity contribution is 0.0965. The molecule has 0 fully saturated rings. The van der Waals surface area contributed by atoms with Gasteiger partial charge in [-0.15, -0.1) is 0 Å². The fraction of sp³-hybridized carbons (Fsp3) is 0.481. The molecule has 180 valence electrons. The molecule has 0 saturated heterocycles. The van der Waals surface area contributed by atoms with Gasteiger partial charge in [0.1, 0.15) is 17.1 Å². The summed E-state index contributed by atoms with van der Waals surface area (Å²) in [6.07, 6.45) is 5.36. The van der Waals surface area contributed by atoms with Crippen LogP contribution in [0.3, 0.4) is 0 Å². The van der Waals surface area contributed by atoms with Gasteiger partial charge in [0.25, 0.3) is 0 Å². The molecule has 0 saturated carbocycles. The topological polar surface area (TPSA) is 108 Å². The van der Waals surface area contributed by atoms with Crippen LogP contribution in [0.1, 0.15) is 94.8 Å². The molecule has 6 nitrogen and oxygen atoms in total. The largest absolute Gasteiger partial charge is 0.507 e.